The van der Waals surface area contributed by atoms with Gasteiger partial charge in [-0.25, -0.2) is 13.2 Å². The Hall–Kier alpha value is -1.37. The molecule has 1 saturated heterocycles. The van der Waals surface area contributed by atoms with Crippen molar-refractivity contribution < 1.29 is 31.8 Å². The number of alkyl halides is 1. The highest BCUT2D eigenvalue weighted by Gasteiger charge is 2.50. The van der Waals surface area contributed by atoms with Gasteiger partial charge in [-0.05, 0) is 42.2 Å². The first-order valence-corrected chi connectivity index (χ1v) is 17.7. The summed E-state index contributed by atoms with van der Waals surface area (Å²) >= 11 is 5.77. The van der Waals surface area contributed by atoms with Crippen molar-refractivity contribution in [2.24, 2.45) is 0 Å². The molecule has 1 unspecified atom stereocenters. The molecule has 0 bridgehead atoms. The third kappa shape index (κ3) is 8.30. The van der Waals surface area contributed by atoms with Crippen LogP contribution in [0.4, 0.5) is 4.79 Å². The van der Waals surface area contributed by atoms with Gasteiger partial charge in [-0.3, -0.25) is 4.90 Å². The van der Waals surface area contributed by atoms with Crippen LogP contribution in [-0.2, 0) is 30.5 Å². The smallest absolute Gasteiger partial charge is 0.410 e. The minimum Gasteiger partial charge on any atom is -0.497 e. The molecule has 0 radical (unpaired) electrons. The van der Waals surface area contributed by atoms with E-state index in [1.807, 2.05) is 12.1 Å². The summed E-state index contributed by atoms with van der Waals surface area (Å²) in [5, 5.41) is -0.0589. The largest absolute Gasteiger partial charge is 0.497 e. The van der Waals surface area contributed by atoms with E-state index in [4.69, 9.17) is 30.2 Å². The summed E-state index contributed by atoms with van der Waals surface area (Å²) in [5.74, 6) is 0.847. The van der Waals surface area contributed by atoms with Crippen LogP contribution in [0.15, 0.2) is 24.3 Å². The molecule has 0 aliphatic carbocycles. The SMILES string of the molecule is COCC1C[C@H](N(Cc2ccc(OC)cc2)S(C)(=O)=O)[C@H](CO[Si](C)(C)C(C)(C)C)N1C(=O)OCCCl. The maximum atomic E-state index is 13.2. The summed E-state index contributed by atoms with van der Waals surface area (Å²) in [6.45, 7) is 11.3. The highest BCUT2D eigenvalue weighted by molar-refractivity contribution is 7.88. The fourth-order valence-corrected chi connectivity index (χ4v) is 6.43. The molecule has 1 fully saturated rings. The number of nitrogens with zero attached hydrogens (tertiary/aromatic N) is 2. The number of benzene rings is 1. The Morgan fingerprint density at radius 2 is 1.78 bits per heavy atom. The molecule has 1 aliphatic rings. The number of sulfonamides is 1. The Balaban J connectivity index is 2.50. The molecule has 212 valence electrons. The van der Waals surface area contributed by atoms with Crippen LogP contribution in [0.5, 0.6) is 5.75 Å². The van der Waals surface area contributed by atoms with E-state index >= 15 is 0 Å². The third-order valence-electron chi connectivity index (χ3n) is 7.30. The molecular weight excluding hydrogens is 536 g/mol. The summed E-state index contributed by atoms with van der Waals surface area (Å²) in [5.41, 5.74) is 0.807. The van der Waals surface area contributed by atoms with Crippen LogP contribution in [0.2, 0.25) is 18.1 Å². The van der Waals surface area contributed by atoms with Crippen LogP contribution in [0, 0.1) is 0 Å². The van der Waals surface area contributed by atoms with Crippen molar-refractivity contribution in [3.8, 4) is 5.75 Å². The van der Waals surface area contributed by atoms with Gasteiger partial charge in [0.25, 0.3) is 0 Å². The van der Waals surface area contributed by atoms with E-state index in [1.165, 1.54) is 10.6 Å². The highest BCUT2D eigenvalue weighted by atomic mass is 35.5. The van der Waals surface area contributed by atoms with Crippen molar-refractivity contribution in [3.63, 3.8) is 0 Å². The monoisotopic (exact) mass is 578 g/mol. The van der Waals surface area contributed by atoms with Gasteiger partial charge < -0.3 is 18.6 Å². The average molecular weight is 579 g/mol. The lowest BCUT2D eigenvalue weighted by atomic mass is 10.1. The second-order valence-electron chi connectivity index (χ2n) is 10.9. The van der Waals surface area contributed by atoms with Gasteiger partial charge in [-0.1, -0.05) is 32.9 Å². The Labute approximate surface area is 228 Å². The van der Waals surface area contributed by atoms with E-state index in [1.54, 1.807) is 31.3 Å². The first kappa shape index (κ1) is 31.8. The minimum atomic E-state index is -3.66. The van der Waals surface area contributed by atoms with Gasteiger partial charge in [-0.2, -0.15) is 4.31 Å². The number of likely N-dealkylation sites (tertiary alicyclic amines) is 1. The van der Waals surface area contributed by atoms with Crippen LogP contribution >= 0.6 is 11.6 Å². The fraction of sp³-hybridized carbons (Fsp3) is 0.720. The first-order valence-electron chi connectivity index (χ1n) is 12.4. The Morgan fingerprint density at radius 1 is 1.16 bits per heavy atom. The van der Waals surface area contributed by atoms with Gasteiger partial charge >= 0.3 is 6.09 Å². The molecule has 0 N–H and O–H groups in total. The van der Waals surface area contributed by atoms with E-state index in [0.717, 1.165) is 5.56 Å². The van der Waals surface area contributed by atoms with Crippen molar-refractivity contribution in [2.75, 3.05) is 46.2 Å². The van der Waals surface area contributed by atoms with E-state index in [9.17, 15) is 13.2 Å². The summed E-state index contributed by atoms with van der Waals surface area (Å²) in [4.78, 5) is 14.8. The Kier molecular flexibility index (Phi) is 11.3. The average Bonchev–Trinajstić information content (AvgIpc) is 3.16. The lowest BCUT2D eigenvalue weighted by Crippen LogP contribution is -2.54. The van der Waals surface area contributed by atoms with Crippen molar-refractivity contribution in [2.45, 2.75) is 70.0 Å². The molecule has 1 aromatic carbocycles. The number of halogens is 1. The zero-order valence-electron chi connectivity index (χ0n) is 23.3. The topological polar surface area (TPSA) is 94.6 Å². The number of carbonyl (C=O) groups is 1. The molecule has 1 aromatic rings. The zero-order chi connectivity index (χ0) is 28.0. The second-order valence-corrected chi connectivity index (χ2v) is 18.0. The van der Waals surface area contributed by atoms with Crippen molar-refractivity contribution in [1.82, 2.24) is 9.21 Å². The van der Waals surface area contributed by atoms with Crippen molar-refractivity contribution in [3.05, 3.63) is 29.8 Å². The number of hydrogen-bond donors (Lipinski definition) is 0. The van der Waals surface area contributed by atoms with E-state index < -0.39 is 36.5 Å². The molecule has 1 heterocycles. The number of methoxy groups -OCH3 is 2. The van der Waals surface area contributed by atoms with Crippen LogP contribution in [-0.4, -0.2) is 96.3 Å². The molecule has 3 atom stereocenters. The minimum absolute atomic E-state index is 0.0543. The number of rotatable bonds is 12. The quantitative estimate of drug-likeness (QED) is 0.269. The summed E-state index contributed by atoms with van der Waals surface area (Å²) in [6.07, 6.45) is 1.03. The molecule has 9 nitrogen and oxygen atoms in total. The first-order chi connectivity index (χ1) is 17.2. The molecule has 0 aromatic heterocycles. The lowest BCUT2D eigenvalue weighted by Gasteiger charge is -2.40. The molecule has 1 aliphatic heterocycles. The zero-order valence-corrected chi connectivity index (χ0v) is 25.9. The van der Waals surface area contributed by atoms with Gasteiger partial charge in [0, 0.05) is 19.7 Å². The normalized spacial score (nSPS) is 20.9. The molecule has 12 heteroatoms. The van der Waals surface area contributed by atoms with Gasteiger partial charge in [0.05, 0.1) is 44.5 Å². The van der Waals surface area contributed by atoms with Gasteiger partial charge in [-0.15, -0.1) is 11.6 Å². The van der Waals surface area contributed by atoms with Crippen molar-refractivity contribution >= 4 is 36.0 Å². The second kappa shape index (κ2) is 13.1. The lowest BCUT2D eigenvalue weighted by molar-refractivity contribution is 0.0478. The number of hydrogen-bond acceptors (Lipinski definition) is 7. The van der Waals surface area contributed by atoms with Crippen LogP contribution < -0.4 is 4.74 Å². The van der Waals surface area contributed by atoms with Gasteiger partial charge in [0.15, 0.2) is 8.32 Å². The molecule has 0 spiro atoms. The molecule has 1 amide bonds. The highest BCUT2D eigenvalue weighted by Crippen LogP contribution is 2.39. The molecule has 2 rings (SSSR count). The molecule has 37 heavy (non-hydrogen) atoms. The standard InChI is InChI=1S/C25H43ClN2O7SSi/c1-25(2,3)37(7,8)35-18-23-22(15-20(17-32-4)28(23)24(29)34-14-13-26)27(36(6,30)31)16-19-9-11-21(33-5)12-10-19/h9-12,20,22-23H,13-18H2,1-8H3/t20?,22-,23-/m0/s1. The Bertz CT molecular complexity index is 986. The maximum absolute atomic E-state index is 13.2. The molecular formula is C25H43ClN2O7SSi. The number of ether oxygens (including phenoxy) is 3. The third-order valence-corrected chi connectivity index (χ3v) is 13.2. The van der Waals surface area contributed by atoms with Crippen LogP contribution in [0.3, 0.4) is 0 Å². The maximum Gasteiger partial charge on any atom is 0.410 e. The summed E-state index contributed by atoms with van der Waals surface area (Å²) in [6, 6.07) is 5.79. The van der Waals surface area contributed by atoms with E-state index in [2.05, 4.69) is 33.9 Å². The number of carbonyl (C=O) groups excluding carboxylic acids is 1. The summed E-state index contributed by atoms with van der Waals surface area (Å²) < 4.78 is 50.4. The van der Waals surface area contributed by atoms with E-state index in [0.29, 0.717) is 12.2 Å². The predicted octanol–water partition coefficient (Wildman–Crippen LogP) is 4.31. The number of amides is 1. The van der Waals surface area contributed by atoms with Gasteiger partial charge in [0.1, 0.15) is 12.4 Å². The van der Waals surface area contributed by atoms with Gasteiger partial charge in [0.2, 0.25) is 10.0 Å². The fourth-order valence-electron chi connectivity index (χ4n) is 4.23. The van der Waals surface area contributed by atoms with Crippen LogP contribution in [0.1, 0.15) is 32.8 Å². The Morgan fingerprint density at radius 3 is 2.27 bits per heavy atom. The van der Waals surface area contributed by atoms with E-state index in [-0.39, 0.29) is 43.3 Å². The molecule has 0 saturated carbocycles. The van der Waals surface area contributed by atoms with Crippen molar-refractivity contribution in [1.29, 1.82) is 0 Å². The predicted molar refractivity (Wildman–Crippen MR) is 148 cm³/mol. The summed E-state index contributed by atoms with van der Waals surface area (Å²) in [7, 11) is -2.74. The van der Waals surface area contributed by atoms with Crippen LogP contribution in [0.25, 0.3) is 0 Å².